The van der Waals surface area contributed by atoms with Gasteiger partial charge >= 0.3 is 6.03 Å². The highest BCUT2D eigenvalue weighted by atomic mass is 16.2. The van der Waals surface area contributed by atoms with Crippen molar-refractivity contribution >= 4 is 23.3 Å². The number of rotatable bonds is 3. The van der Waals surface area contributed by atoms with E-state index < -0.39 is 0 Å². The number of nitrogens with one attached hydrogen (secondary N) is 2. The molecule has 1 heterocycles. The molecule has 2 fully saturated rings. The van der Waals surface area contributed by atoms with Gasteiger partial charge in [0.2, 0.25) is 5.91 Å². The molecule has 0 radical (unpaired) electrons. The topological polar surface area (TPSA) is 61.4 Å². The van der Waals surface area contributed by atoms with Crippen LogP contribution in [0.1, 0.15) is 12.8 Å². The van der Waals surface area contributed by atoms with E-state index >= 15 is 0 Å². The van der Waals surface area contributed by atoms with Crippen molar-refractivity contribution in [1.29, 1.82) is 0 Å². The van der Waals surface area contributed by atoms with Gasteiger partial charge in [0, 0.05) is 30.4 Å². The van der Waals surface area contributed by atoms with Crippen LogP contribution in [0.4, 0.5) is 16.2 Å². The Morgan fingerprint density at radius 2 is 2.00 bits per heavy atom. The number of nitrogens with zero attached hydrogens (tertiary/aromatic N) is 1. The Morgan fingerprint density at radius 3 is 2.56 bits per heavy atom. The fourth-order valence-electron chi connectivity index (χ4n) is 2.03. The van der Waals surface area contributed by atoms with E-state index in [1.54, 1.807) is 4.90 Å². The van der Waals surface area contributed by atoms with Crippen LogP contribution >= 0.6 is 0 Å². The zero-order valence-electron chi connectivity index (χ0n) is 9.98. The third-order valence-electron chi connectivity index (χ3n) is 3.25. The van der Waals surface area contributed by atoms with Crippen LogP contribution in [-0.2, 0) is 4.79 Å². The lowest BCUT2D eigenvalue weighted by atomic mass is 10.2. The molecule has 3 rings (SSSR count). The molecule has 1 aromatic rings. The number of carbonyl (C=O) groups is 2. The summed E-state index contributed by atoms with van der Waals surface area (Å²) in [6.45, 7) is 1.37. The first-order chi connectivity index (χ1) is 8.74. The summed E-state index contributed by atoms with van der Waals surface area (Å²) in [5.41, 5.74) is 1.64. The van der Waals surface area contributed by atoms with Gasteiger partial charge in [-0.1, -0.05) is 0 Å². The van der Waals surface area contributed by atoms with Crippen LogP contribution < -0.4 is 15.5 Å². The molecule has 0 spiro atoms. The molecule has 2 N–H and O–H groups in total. The predicted molar refractivity (Wildman–Crippen MR) is 68.5 cm³/mol. The second-order valence-corrected chi connectivity index (χ2v) is 4.69. The van der Waals surface area contributed by atoms with Crippen molar-refractivity contribution < 1.29 is 9.59 Å². The average molecular weight is 245 g/mol. The number of benzene rings is 1. The van der Waals surface area contributed by atoms with Crippen LogP contribution in [0.15, 0.2) is 24.3 Å². The fourth-order valence-corrected chi connectivity index (χ4v) is 2.03. The van der Waals surface area contributed by atoms with Gasteiger partial charge in [0.05, 0.1) is 0 Å². The molecule has 1 saturated carbocycles. The maximum absolute atomic E-state index is 11.6. The lowest BCUT2D eigenvalue weighted by Gasteiger charge is -2.14. The van der Waals surface area contributed by atoms with Crippen LogP contribution in [0.5, 0.6) is 0 Å². The summed E-state index contributed by atoms with van der Waals surface area (Å²) in [5.74, 6) is 0.302. The lowest BCUT2D eigenvalue weighted by molar-refractivity contribution is -0.117. The Hall–Kier alpha value is -2.04. The maximum atomic E-state index is 11.6. The van der Waals surface area contributed by atoms with Crippen LogP contribution in [0, 0.1) is 5.92 Å². The van der Waals surface area contributed by atoms with E-state index in [4.69, 9.17) is 0 Å². The van der Waals surface area contributed by atoms with E-state index in [1.807, 2.05) is 24.3 Å². The van der Waals surface area contributed by atoms with E-state index in [0.717, 1.165) is 24.2 Å². The van der Waals surface area contributed by atoms with Crippen LogP contribution in [0.25, 0.3) is 0 Å². The Kier molecular flexibility index (Phi) is 2.66. The van der Waals surface area contributed by atoms with Crippen LogP contribution in [-0.4, -0.2) is 25.0 Å². The lowest BCUT2D eigenvalue weighted by Crippen LogP contribution is -2.27. The SMILES string of the molecule is O=C(Nc1ccc(N2CCNC2=O)cc1)C1CC1. The van der Waals surface area contributed by atoms with E-state index in [0.29, 0.717) is 13.1 Å². The minimum Gasteiger partial charge on any atom is -0.336 e. The van der Waals surface area contributed by atoms with Crippen molar-refractivity contribution in [2.75, 3.05) is 23.3 Å². The number of urea groups is 1. The summed E-state index contributed by atoms with van der Waals surface area (Å²) < 4.78 is 0. The van der Waals surface area contributed by atoms with Gasteiger partial charge in [0.15, 0.2) is 0 Å². The molecule has 1 aromatic carbocycles. The summed E-state index contributed by atoms with van der Waals surface area (Å²) in [5, 5.41) is 5.63. The molecule has 0 atom stereocenters. The predicted octanol–water partition coefficient (Wildman–Crippen LogP) is 1.56. The first kappa shape index (κ1) is 11.1. The minimum atomic E-state index is -0.0650. The summed E-state index contributed by atoms with van der Waals surface area (Å²) >= 11 is 0. The molecule has 1 saturated heterocycles. The van der Waals surface area contributed by atoms with Gasteiger partial charge in [-0.05, 0) is 37.1 Å². The fraction of sp³-hybridized carbons (Fsp3) is 0.385. The molecule has 5 heteroatoms. The molecule has 5 nitrogen and oxygen atoms in total. The Morgan fingerprint density at radius 1 is 1.28 bits per heavy atom. The third-order valence-corrected chi connectivity index (χ3v) is 3.25. The highest BCUT2D eigenvalue weighted by Gasteiger charge is 2.29. The molecular formula is C13H15N3O2. The summed E-state index contributed by atoms with van der Waals surface area (Å²) in [7, 11) is 0. The van der Waals surface area contributed by atoms with Crippen LogP contribution in [0.3, 0.4) is 0 Å². The van der Waals surface area contributed by atoms with Gasteiger partial charge in [-0.2, -0.15) is 0 Å². The molecule has 1 aliphatic carbocycles. The minimum absolute atomic E-state index is 0.0650. The number of hydrogen-bond donors (Lipinski definition) is 2. The smallest absolute Gasteiger partial charge is 0.321 e. The number of anilines is 2. The van der Waals surface area contributed by atoms with Crippen LogP contribution in [0.2, 0.25) is 0 Å². The summed E-state index contributed by atoms with van der Waals surface area (Å²) in [6, 6.07) is 7.31. The van der Waals surface area contributed by atoms with E-state index in [1.165, 1.54) is 0 Å². The molecule has 0 aromatic heterocycles. The Labute approximate surface area is 105 Å². The highest BCUT2D eigenvalue weighted by molar-refractivity contribution is 5.96. The number of amides is 3. The maximum Gasteiger partial charge on any atom is 0.321 e. The highest BCUT2D eigenvalue weighted by Crippen LogP contribution is 2.30. The van der Waals surface area contributed by atoms with Gasteiger partial charge in [0.1, 0.15) is 0 Å². The molecule has 18 heavy (non-hydrogen) atoms. The van der Waals surface area contributed by atoms with E-state index in [9.17, 15) is 9.59 Å². The van der Waals surface area contributed by atoms with Gasteiger partial charge in [0.25, 0.3) is 0 Å². The molecule has 3 amide bonds. The number of hydrogen-bond acceptors (Lipinski definition) is 2. The second-order valence-electron chi connectivity index (χ2n) is 4.69. The van der Waals surface area contributed by atoms with Gasteiger partial charge in [-0.25, -0.2) is 4.79 Å². The van der Waals surface area contributed by atoms with Crippen molar-refractivity contribution in [2.24, 2.45) is 5.92 Å². The standard InChI is InChI=1S/C13H15N3O2/c17-12(9-1-2-9)15-10-3-5-11(6-4-10)16-8-7-14-13(16)18/h3-6,9H,1-2,7-8H2,(H,14,18)(H,15,17). The molecule has 0 bridgehead atoms. The van der Waals surface area contributed by atoms with Crippen molar-refractivity contribution in [3.8, 4) is 0 Å². The molecule has 0 unspecified atom stereocenters. The van der Waals surface area contributed by atoms with Crippen molar-refractivity contribution in [2.45, 2.75) is 12.8 Å². The average Bonchev–Trinajstić information content (AvgIpc) is 3.14. The van der Waals surface area contributed by atoms with Crippen molar-refractivity contribution in [3.63, 3.8) is 0 Å². The first-order valence-electron chi connectivity index (χ1n) is 6.20. The van der Waals surface area contributed by atoms with E-state index in [-0.39, 0.29) is 17.9 Å². The first-order valence-corrected chi connectivity index (χ1v) is 6.20. The van der Waals surface area contributed by atoms with Crippen molar-refractivity contribution in [1.82, 2.24) is 5.32 Å². The summed E-state index contributed by atoms with van der Waals surface area (Å²) in [6.07, 6.45) is 2.00. The third kappa shape index (κ3) is 2.16. The zero-order valence-corrected chi connectivity index (χ0v) is 9.98. The van der Waals surface area contributed by atoms with Gasteiger partial charge in [-0.3, -0.25) is 9.69 Å². The molecular weight excluding hydrogens is 230 g/mol. The Bertz CT molecular complexity index is 480. The normalized spacial score (nSPS) is 18.7. The number of carbonyl (C=O) groups excluding carboxylic acids is 2. The Balaban J connectivity index is 1.68. The van der Waals surface area contributed by atoms with Gasteiger partial charge < -0.3 is 10.6 Å². The zero-order chi connectivity index (χ0) is 12.5. The monoisotopic (exact) mass is 245 g/mol. The van der Waals surface area contributed by atoms with E-state index in [2.05, 4.69) is 10.6 Å². The molecule has 1 aliphatic heterocycles. The largest absolute Gasteiger partial charge is 0.336 e. The quantitative estimate of drug-likeness (QED) is 0.849. The van der Waals surface area contributed by atoms with Crippen molar-refractivity contribution in [3.05, 3.63) is 24.3 Å². The second kappa shape index (κ2) is 4.33. The van der Waals surface area contributed by atoms with Gasteiger partial charge in [-0.15, -0.1) is 0 Å². The molecule has 2 aliphatic rings. The summed E-state index contributed by atoms with van der Waals surface area (Å²) in [4.78, 5) is 24.7. The molecule has 94 valence electrons.